The van der Waals surface area contributed by atoms with E-state index in [0.717, 1.165) is 11.1 Å². The first kappa shape index (κ1) is 18.4. The average molecular weight is 348 g/mol. The summed E-state index contributed by atoms with van der Waals surface area (Å²) in [6.07, 6.45) is 14.0. The molecule has 136 valence electrons. The Morgan fingerprint density at radius 3 is 2.69 bits per heavy atom. The van der Waals surface area contributed by atoms with Gasteiger partial charge in [0.1, 0.15) is 6.23 Å². The summed E-state index contributed by atoms with van der Waals surface area (Å²) in [5.74, 6) is 0. The lowest BCUT2D eigenvalue weighted by Gasteiger charge is -2.30. The molecule has 1 aromatic carbocycles. The molecule has 3 heteroatoms. The second-order valence-corrected chi connectivity index (χ2v) is 7.00. The molecule has 3 nitrogen and oxygen atoms in total. The molecular weight excluding hydrogens is 320 g/mol. The van der Waals surface area contributed by atoms with E-state index in [1.165, 1.54) is 41.5 Å². The van der Waals surface area contributed by atoms with E-state index in [1.807, 2.05) is 20.0 Å². The van der Waals surface area contributed by atoms with Crippen LogP contribution in [0.5, 0.6) is 0 Å². The molecule has 1 saturated carbocycles. The molecule has 1 unspecified atom stereocenters. The number of aryl methyl sites for hydroxylation is 1. The van der Waals surface area contributed by atoms with Crippen LogP contribution < -0.4 is 5.32 Å². The molecule has 1 N–H and O–H groups in total. The molecule has 1 aliphatic heterocycles. The zero-order valence-corrected chi connectivity index (χ0v) is 16.0. The third-order valence-electron chi connectivity index (χ3n) is 4.91. The van der Waals surface area contributed by atoms with Crippen molar-refractivity contribution in [1.29, 1.82) is 0 Å². The SMILES string of the molecule is C=C(C)/C(=C\N=CC)c1ccc(C2=CNC(OC3CCC3)C=C2)cc1C. The number of hydrogen-bond acceptors (Lipinski definition) is 3. The van der Waals surface area contributed by atoms with Crippen LogP contribution in [0.25, 0.3) is 11.1 Å². The number of aliphatic imine (C=N–C) groups is 1. The van der Waals surface area contributed by atoms with Crippen LogP contribution in [0.1, 0.15) is 49.8 Å². The van der Waals surface area contributed by atoms with Crippen molar-refractivity contribution >= 4 is 17.4 Å². The lowest BCUT2D eigenvalue weighted by molar-refractivity contribution is -0.0387. The van der Waals surface area contributed by atoms with Crippen molar-refractivity contribution in [2.24, 2.45) is 4.99 Å². The maximum absolute atomic E-state index is 5.98. The maximum atomic E-state index is 5.98. The fourth-order valence-corrected chi connectivity index (χ4v) is 3.15. The topological polar surface area (TPSA) is 33.6 Å². The summed E-state index contributed by atoms with van der Waals surface area (Å²) in [4.78, 5) is 4.27. The van der Waals surface area contributed by atoms with Crippen LogP contribution in [0.3, 0.4) is 0 Å². The molecule has 3 rings (SSSR count). The fourth-order valence-electron chi connectivity index (χ4n) is 3.15. The van der Waals surface area contributed by atoms with Crippen LogP contribution in [-0.4, -0.2) is 18.5 Å². The molecule has 1 fully saturated rings. The summed E-state index contributed by atoms with van der Waals surface area (Å²) >= 11 is 0. The monoisotopic (exact) mass is 348 g/mol. The molecule has 1 heterocycles. The van der Waals surface area contributed by atoms with Crippen molar-refractivity contribution in [1.82, 2.24) is 5.32 Å². The summed E-state index contributed by atoms with van der Waals surface area (Å²) in [5.41, 5.74) is 6.84. The largest absolute Gasteiger partial charge is 0.362 e. The van der Waals surface area contributed by atoms with Gasteiger partial charge < -0.3 is 10.1 Å². The van der Waals surface area contributed by atoms with E-state index in [2.05, 4.69) is 60.4 Å². The Hall–Kier alpha value is -2.39. The van der Waals surface area contributed by atoms with Gasteiger partial charge in [-0.25, -0.2) is 0 Å². The van der Waals surface area contributed by atoms with Crippen molar-refractivity contribution in [2.45, 2.75) is 52.4 Å². The second-order valence-electron chi connectivity index (χ2n) is 7.00. The van der Waals surface area contributed by atoms with E-state index in [4.69, 9.17) is 4.74 Å². The fraction of sp³-hybridized carbons (Fsp3) is 0.348. The van der Waals surface area contributed by atoms with Gasteiger partial charge in [-0.2, -0.15) is 0 Å². The molecule has 0 aromatic heterocycles. The Bertz CT molecular complexity index is 794. The van der Waals surface area contributed by atoms with Crippen molar-refractivity contribution in [3.05, 3.63) is 71.6 Å². The van der Waals surface area contributed by atoms with Crippen molar-refractivity contribution < 1.29 is 4.74 Å². The van der Waals surface area contributed by atoms with Crippen LogP contribution in [0.15, 0.2) is 59.9 Å². The third-order valence-corrected chi connectivity index (χ3v) is 4.91. The molecule has 1 atom stereocenters. The van der Waals surface area contributed by atoms with E-state index in [1.54, 1.807) is 6.21 Å². The quantitative estimate of drug-likeness (QED) is 0.552. The molecule has 26 heavy (non-hydrogen) atoms. The summed E-state index contributed by atoms with van der Waals surface area (Å²) < 4.78 is 5.98. The van der Waals surface area contributed by atoms with E-state index in [9.17, 15) is 0 Å². The first-order valence-corrected chi connectivity index (χ1v) is 9.33. The molecule has 0 amide bonds. The molecule has 0 spiro atoms. The predicted octanol–water partition coefficient (Wildman–Crippen LogP) is 5.40. The molecule has 1 aromatic rings. The highest BCUT2D eigenvalue weighted by atomic mass is 16.5. The maximum Gasteiger partial charge on any atom is 0.147 e. The number of dihydropyridines is 1. The van der Waals surface area contributed by atoms with Crippen LogP contribution in [0.2, 0.25) is 0 Å². The zero-order valence-electron chi connectivity index (χ0n) is 16.0. The van der Waals surface area contributed by atoms with Crippen LogP contribution >= 0.6 is 0 Å². The first-order chi connectivity index (χ1) is 12.6. The number of allylic oxidation sites excluding steroid dienone is 4. The van der Waals surface area contributed by atoms with Gasteiger partial charge in [0.05, 0.1) is 6.10 Å². The van der Waals surface area contributed by atoms with E-state index < -0.39 is 0 Å². The smallest absolute Gasteiger partial charge is 0.147 e. The molecule has 0 saturated heterocycles. The predicted molar refractivity (Wildman–Crippen MR) is 111 cm³/mol. The molecule has 2 aliphatic rings. The van der Waals surface area contributed by atoms with Gasteiger partial charge in [-0.15, -0.1) is 0 Å². The molecule has 1 aliphatic carbocycles. The van der Waals surface area contributed by atoms with Gasteiger partial charge in [0.15, 0.2) is 0 Å². The van der Waals surface area contributed by atoms with Crippen molar-refractivity contribution in [3.8, 4) is 0 Å². The summed E-state index contributed by atoms with van der Waals surface area (Å²) in [7, 11) is 0. The Morgan fingerprint density at radius 1 is 1.35 bits per heavy atom. The van der Waals surface area contributed by atoms with E-state index in [-0.39, 0.29) is 6.23 Å². The molecule has 0 bridgehead atoms. The van der Waals surface area contributed by atoms with Gasteiger partial charge in [-0.05, 0) is 73.9 Å². The number of hydrogen-bond donors (Lipinski definition) is 1. The Kier molecular flexibility index (Phi) is 5.89. The minimum Gasteiger partial charge on any atom is -0.362 e. The van der Waals surface area contributed by atoms with E-state index >= 15 is 0 Å². The minimum atomic E-state index is -0.00530. The number of ether oxygens (including phenoxy) is 1. The van der Waals surface area contributed by atoms with Crippen LogP contribution in [-0.2, 0) is 4.74 Å². The first-order valence-electron chi connectivity index (χ1n) is 9.33. The van der Waals surface area contributed by atoms with E-state index in [0.29, 0.717) is 6.10 Å². The van der Waals surface area contributed by atoms with Crippen molar-refractivity contribution in [2.75, 3.05) is 0 Å². The number of nitrogens with zero attached hydrogens (tertiary/aromatic N) is 1. The van der Waals surface area contributed by atoms with Crippen molar-refractivity contribution in [3.63, 3.8) is 0 Å². The Balaban J connectivity index is 1.75. The summed E-state index contributed by atoms with van der Waals surface area (Å²) in [5, 5.41) is 3.35. The summed E-state index contributed by atoms with van der Waals surface area (Å²) in [6.45, 7) is 10.2. The minimum absolute atomic E-state index is 0.00530. The van der Waals surface area contributed by atoms with Crippen LogP contribution in [0, 0.1) is 6.92 Å². The lowest BCUT2D eigenvalue weighted by atomic mass is 9.93. The van der Waals surface area contributed by atoms with Gasteiger partial charge >= 0.3 is 0 Å². The normalized spacial score (nSPS) is 20.7. The Labute approximate surface area is 156 Å². The third kappa shape index (κ3) is 4.23. The summed E-state index contributed by atoms with van der Waals surface area (Å²) in [6, 6.07) is 6.52. The van der Waals surface area contributed by atoms with Gasteiger partial charge in [0.25, 0.3) is 0 Å². The van der Waals surface area contributed by atoms with Crippen LogP contribution in [0.4, 0.5) is 0 Å². The van der Waals surface area contributed by atoms with Gasteiger partial charge in [0, 0.05) is 24.2 Å². The van der Waals surface area contributed by atoms with Gasteiger partial charge in [-0.3, -0.25) is 4.99 Å². The number of nitrogens with one attached hydrogen (secondary N) is 1. The van der Waals surface area contributed by atoms with Gasteiger partial charge in [-0.1, -0.05) is 30.9 Å². The zero-order chi connectivity index (χ0) is 18.5. The molecule has 0 radical (unpaired) electrons. The lowest BCUT2D eigenvalue weighted by Crippen LogP contribution is -2.35. The number of benzene rings is 1. The standard InChI is InChI=1S/C23H28N2O/c1-5-24-15-22(16(2)3)21-11-9-18(13-17(21)4)19-10-12-23(25-14-19)26-20-7-6-8-20/h5,9-15,20,23,25H,2,6-8H2,1,3-4H3/b22-15+,24-5?. The molecular formula is C23H28N2O. The Morgan fingerprint density at radius 2 is 2.15 bits per heavy atom. The highest BCUT2D eigenvalue weighted by Gasteiger charge is 2.22. The highest BCUT2D eigenvalue weighted by molar-refractivity contribution is 5.82. The number of rotatable bonds is 6. The average Bonchev–Trinajstić information content (AvgIpc) is 2.60. The van der Waals surface area contributed by atoms with Gasteiger partial charge in [0.2, 0.25) is 0 Å². The highest BCUT2D eigenvalue weighted by Crippen LogP contribution is 2.29. The second kappa shape index (κ2) is 8.33.